The molecule has 33 heavy (non-hydrogen) atoms. The average molecular weight is 462 g/mol. The maximum atomic E-state index is 12.9. The minimum atomic E-state index is -1.30. The van der Waals surface area contributed by atoms with Gasteiger partial charge in [-0.3, -0.25) is 14.2 Å². The lowest BCUT2D eigenvalue weighted by Crippen LogP contribution is -2.51. The summed E-state index contributed by atoms with van der Waals surface area (Å²) in [6.45, 7) is 2.75. The number of carbonyl (C=O) groups is 2. The number of hydrogen-bond donors (Lipinski definition) is 1. The van der Waals surface area contributed by atoms with E-state index in [0.717, 1.165) is 0 Å². The normalized spacial score (nSPS) is 13.8. The molecule has 5 rings (SSSR count). The van der Waals surface area contributed by atoms with Crippen LogP contribution in [0.2, 0.25) is 0 Å². The SMILES string of the molecule is Cc1cc(N2CC(C(=O)Cc3ncccn3)C2)nc2c1c(=O)c(C(=O)O)cn2-c1nccs1. The molecule has 0 bridgehead atoms. The van der Waals surface area contributed by atoms with Gasteiger partial charge in [0.25, 0.3) is 0 Å². The minimum absolute atomic E-state index is 0.0701. The first-order valence-corrected chi connectivity index (χ1v) is 11.0. The number of pyridine rings is 2. The fourth-order valence-corrected chi connectivity index (χ4v) is 4.48. The Balaban J connectivity index is 1.48. The van der Waals surface area contributed by atoms with Crippen LogP contribution in [0.3, 0.4) is 0 Å². The molecule has 1 aliphatic heterocycles. The summed E-state index contributed by atoms with van der Waals surface area (Å²) in [5, 5.41) is 12.0. The van der Waals surface area contributed by atoms with Gasteiger partial charge in [0, 0.05) is 43.3 Å². The molecule has 1 saturated heterocycles. The van der Waals surface area contributed by atoms with Crippen molar-refractivity contribution in [1.82, 2.24) is 24.5 Å². The van der Waals surface area contributed by atoms with Crippen LogP contribution in [0.15, 0.2) is 47.1 Å². The molecule has 0 aromatic carbocycles. The van der Waals surface area contributed by atoms with E-state index in [1.807, 2.05) is 4.90 Å². The quantitative estimate of drug-likeness (QED) is 0.456. The largest absolute Gasteiger partial charge is 0.477 e. The van der Waals surface area contributed by atoms with Crippen molar-refractivity contribution in [2.75, 3.05) is 18.0 Å². The molecular weight excluding hydrogens is 444 g/mol. The first-order chi connectivity index (χ1) is 15.9. The highest BCUT2D eigenvalue weighted by Crippen LogP contribution is 2.29. The van der Waals surface area contributed by atoms with Crippen LogP contribution in [0.5, 0.6) is 0 Å². The zero-order valence-electron chi connectivity index (χ0n) is 17.5. The highest BCUT2D eigenvalue weighted by molar-refractivity contribution is 7.12. The van der Waals surface area contributed by atoms with E-state index < -0.39 is 11.4 Å². The number of carboxylic acids is 1. The molecule has 0 atom stereocenters. The van der Waals surface area contributed by atoms with Crippen molar-refractivity contribution in [3.8, 4) is 5.13 Å². The van der Waals surface area contributed by atoms with Crippen LogP contribution in [0, 0.1) is 12.8 Å². The standard InChI is InChI=1S/C22H18N6O4S/c1-12-7-17(27-9-13(10-27)15(29)8-16-23-3-2-4-24-16)26-20-18(12)19(30)14(21(31)32)11-28(20)22-25-5-6-33-22/h2-7,11,13H,8-10H2,1H3,(H,31,32). The summed E-state index contributed by atoms with van der Waals surface area (Å²) in [6, 6.07) is 3.46. The molecule has 4 aromatic rings. The fraction of sp³-hybridized carbons (Fsp3) is 0.227. The third kappa shape index (κ3) is 3.76. The lowest BCUT2D eigenvalue weighted by Gasteiger charge is -2.39. The van der Waals surface area contributed by atoms with Gasteiger partial charge in [-0.1, -0.05) is 0 Å². The monoisotopic (exact) mass is 462 g/mol. The Morgan fingerprint density at radius 1 is 1.18 bits per heavy atom. The van der Waals surface area contributed by atoms with Crippen LogP contribution < -0.4 is 10.3 Å². The van der Waals surface area contributed by atoms with E-state index in [2.05, 4.69) is 19.9 Å². The number of ketones is 1. The van der Waals surface area contributed by atoms with Gasteiger partial charge in [0.2, 0.25) is 5.43 Å². The number of aromatic carboxylic acids is 1. The highest BCUT2D eigenvalue weighted by Gasteiger charge is 2.34. The Morgan fingerprint density at radius 3 is 2.61 bits per heavy atom. The number of nitrogens with zero attached hydrogens (tertiary/aromatic N) is 6. The zero-order chi connectivity index (χ0) is 23.1. The molecule has 1 fully saturated rings. The van der Waals surface area contributed by atoms with E-state index in [1.54, 1.807) is 43.0 Å². The molecule has 166 valence electrons. The van der Waals surface area contributed by atoms with Crippen LogP contribution in [-0.4, -0.2) is 54.5 Å². The molecule has 0 saturated carbocycles. The molecule has 0 radical (unpaired) electrons. The zero-order valence-corrected chi connectivity index (χ0v) is 18.3. The summed E-state index contributed by atoms with van der Waals surface area (Å²) < 4.78 is 1.54. The minimum Gasteiger partial charge on any atom is -0.477 e. The van der Waals surface area contributed by atoms with Gasteiger partial charge in [-0.25, -0.2) is 24.7 Å². The summed E-state index contributed by atoms with van der Waals surface area (Å²) in [4.78, 5) is 56.2. The molecule has 11 heteroatoms. The summed E-state index contributed by atoms with van der Waals surface area (Å²) in [5.74, 6) is -0.264. The molecule has 0 unspecified atom stereocenters. The maximum absolute atomic E-state index is 12.9. The van der Waals surface area contributed by atoms with Crippen LogP contribution in [0.25, 0.3) is 16.2 Å². The number of carbonyl (C=O) groups excluding carboxylic acids is 1. The van der Waals surface area contributed by atoms with Gasteiger partial charge in [0.05, 0.1) is 17.7 Å². The van der Waals surface area contributed by atoms with Crippen LogP contribution in [-0.2, 0) is 11.2 Å². The number of fused-ring (bicyclic) bond motifs is 1. The number of Topliss-reactive ketones (excluding diaryl/α,β-unsaturated/α-hetero) is 1. The molecule has 5 heterocycles. The van der Waals surface area contributed by atoms with Crippen LogP contribution >= 0.6 is 11.3 Å². The molecule has 1 N–H and O–H groups in total. The van der Waals surface area contributed by atoms with Crippen molar-refractivity contribution >= 4 is 39.9 Å². The molecule has 10 nitrogen and oxygen atoms in total. The maximum Gasteiger partial charge on any atom is 0.341 e. The molecule has 1 aliphatic rings. The number of rotatable bonds is 6. The number of thiazole rings is 1. The Hall–Kier alpha value is -3.99. The van der Waals surface area contributed by atoms with E-state index in [9.17, 15) is 19.5 Å². The molecule has 0 spiro atoms. The molecule has 0 amide bonds. The summed E-state index contributed by atoms with van der Waals surface area (Å²) in [6.07, 6.45) is 6.28. The summed E-state index contributed by atoms with van der Waals surface area (Å²) >= 11 is 1.31. The first-order valence-electron chi connectivity index (χ1n) is 10.2. The lowest BCUT2D eigenvalue weighted by molar-refractivity contribution is -0.123. The van der Waals surface area contributed by atoms with Gasteiger partial charge in [-0.2, -0.15) is 0 Å². The van der Waals surface area contributed by atoms with Crippen molar-refractivity contribution in [3.05, 3.63) is 69.5 Å². The van der Waals surface area contributed by atoms with Gasteiger partial charge in [0.1, 0.15) is 23.0 Å². The number of carboxylic acid groups (broad SMARTS) is 1. The van der Waals surface area contributed by atoms with Crippen molar-refractivity contribution in [3.63, 3.8) is 0 Å². The van der Waals surface area contributed by atoms with Gasteiger partial charge < -0.3 is 10.0 Å². The highest BCUT2D eigenvalue weighted by atomic mass is 32.1. The van der Waals surface area contributed by atoms with Crippen molar-refractivity contribution in [2.24, 2.45) is 5.92 Å². The lowest BCUT2D eigenvalue weighted by atomic mass is 9.93. The smallest absolute Gasteiger partial charge is 0.341 e. The Kier molecular flexibility index (Phi) is 5.17. The third-order valence-electron chi connectivity index (χ3n) is 5.61. The Bertz CT molecular complexity index is 1430. The van der Waals surface area contributed by atoms with Crippen molar-refractivity contribution < 1.29 is 14.7 Å². The molecule has 4 aromatic heterocycles. The second kappa shape index (κ2) is 8.17. The molecule has 0 aliphatic carbocycles. The van der Waals surface area contributed by atoms with Gasteiger partial charge in [-0.15, -0.1) is 11.3 Å². The second-order valence-corrected chi connectivity index (χ2v) is 8.64. The third-order valence-corrected chi connectivity index (χ3v) is 6.38. The van der Waals surface area contributed by atoms with Gasteiger partial charge >= 0.3 is 5.97 Å². The van der Waals surface area contributed by atoms with Gasteiger partial charge in [0.15, 0.2) is 10.8 Å². The summed E-state index contributed by atoms with van der Waals surface area (Å²) in [7, 11) is 0. The van der Waals surface area contributed by atoms with E-state index in [1.165, 1.54) is 22.1 Å². The van der Waals surface area contributed by atoms with Crippen LogP contribution in [0.1, 0.15) is 21.7 Å². The number of aromatic nitrogens is 5. The number of aryl methyl sites for hydroxylation is 1. The topological polar surface area (TPSA) is 131 Å². The number of hydrogen-bond acceptors (Lipinski definition) is 9. The Morgan fingerprint density at radius 2 is 1.94 bits per heavy atom. The van der Waals surface area contributed by atoms with E-state index in [0.29, 0.717) is 41.1 Å². The van der Waals surface area contributed by atoms with Crippen LogP contribution in [0.4, 0.5) is 5.82 Å². The molecular formula is C22H18N6O4S. The number of anilines is 1. The first kappa shape index (κ1) is 20.9. The van der Waals surface area contributed by atoms with Crippen molar-refractivity contribution in [2.45, 2.75) is 13.3 Å². The Labute approximate surface area is 191 Å². The fourth-order valence-electron chi connectivity index (χ4n) is 3.86. The predicted molar refractivity (Wildman–Crippen MR) is 121 cm³/mol. The van der Waals surface area contributed by atoms with Crippen molar-refractivity contribution in [1.29, 1.82) is 0 Å². The average Bonchev–Trinajstić information content (AvgIpc) is 3.28. The second-order valence-electron chi connectivity index (χ2n) is 7.77. The van der Waals surface area contributed by atoms with Gasteiger partial charge in [-0.05, 0) is 24.6 Å². The summed E-state index contributed by atoms with van der Waals surface area (Å²) in [5.41, 5.74) is 0.0257. The van der Waals surface area contributed by atoms with E-state index in [4.69, 9.17) is 0 Å². The van der Waals surface area contributed by atoms with E-state index >= 15 is 0 Å². The predicted octanol–water partition coefficient (Wildman–Crippen LogP) is 1.89. The van der Waals surface area contributed by atoms with E-state index in [-0.39, 0.29) is 29.1 Å².